The number of fused-ring (bicyclic) bond motifs is 4. The van der Waals surface area contributed by atoms with Gasteiger partial charge in [-0.2, -0.15) is 4.90 Å². The minimum absolute atomic E-state index is 0.0331. The van der Waals surface area contributed by atoms with Crippen LogP contribution in [0.4, 0.5) is 4.79 Å². The summed E-state index contributed by atoms with van der Waals surface area (Å²) in [6.45, 7) is 1.68. The third-order valence-corrected chi connectivity index (χ3v) is 9.84. The number of allylic oxidation sites excluding steroid dienone is 2. The summed E-state index contributed by atoms with van der Waals surface area (Å²) < 4.78 is 4.64. The van der Waals surface area contributed by atoms with Crippen molar-refractivity contribution < 1.29 is 33.8 Å². The molecule has 2 saturated heterocycles. The highest BCUT2D eigenvalue weighted by atomic mass is 79.9. The van der Waals surface area contributed by atoms with Crippen molar-refractivity contribution >= 4 is 68.9 Å². The van der Waals surface area contributed by atoms with Crippen molar-refractivity contribution in [3.05, 3.63) is 41.0 Å². The molecule has 0 spiro atoms. The van der Waals surface area contributed by atoms with Crippen LogP contribution in [0.25, 0.3) is 0 Å². The first kappa shape index (κ1) is 25.2. The van der Waals surface area contributed by atoms with E-state index in [1.807, 2.05) is 0 Å². The van der Waals surface area contributed by atoms with Gasteiger partial charge in [0.25, 0.3) is 11.8 Å². The molecular weight excluding hydrogens is 579 g/mol. The predicted octanol–water partition coefficient (Wildman–Crippen LogP) is 3.18. The van der Waals surface area contributed by atoms with Crippen molar-refractivity contribution in [1.29, 1.82) is 0 Å². The number of aryl methyl sites for hydroxylation is 1. The van der Waals surface area contributed by atoms with Crippen molar-refractivity contribution in [3.8, 4) is 5.75 Å². The van der Waals surface area contributed by atoms with E-state index in [-0.39, 0.29) is 24.0 Å². The van der Waals surface area contributed by atoms with Gasteiger partial charge in [0.05, 0.1) is 24.4 Å². The number of methoxy groups -OCH3 is 1. The molecule has 0 aromatic heterocycles. The summed E-state index contributed by atoms with van der Waals surface area (Å²) >= 11 is 17.3. The van der Waals surface area contributed by atoms with Gasteiger partial charge in [0.2, 0.25) is 11.8 Å². The molecule has 36 heavy (non-hydrogen) atoms. The molecule has 1 saturated carbocycles. The number of ether oxygens (including phenoxy) is 1. The highest BCUT2D eigenvalue weighted by Gasteiger charge is 2.76. The van der Waals surface area contributed by atoms with E-state index in [4.69, 9.17) is 23.2 Å². The average molecular weight is 600 g/mol. The number of phenols is 1. The van der Waals surface area contributed by atoms with Crippen LogP contribution >= 0.6 is 39.1 Å². The molecule has 190 valence electrons. The Balaban J connectivity index is 1.72. The third-order valence-electron chi connectivity index (χ3n) is 7.93. The van der Waals surface area contributed by atoms with E-state index < -0.39 is 63.1 Å². The quantitative estimate of drug-likeness (QED) is 0.240. The topological polar surface area (TPSA) is 121 Å². The summed E-state index contributed by atoms with van der Waals surface area (Å²) in [6, 6.07) is 4.72. The Morgan fingerprint density at radius 1 is 1.17 bits per heavy atom. The number of phenolic OH excluding ortho intramolecular Hbond substituents is 1. The number of carbonyl (C=O) groups is 5. The zero-order valence-electron chi connectivity index (χ0n) is 19.2. The molecule has 6 unspecified atom stereocenters. The lowest BCUT2D eigenvalue weighted by molar-refractivity contribution is -0.140. The third kappa shape index (κ3) is 2.98. The van der Waals surface area contributed by atoms with Crippen LogP contribution in [-0.4, -0.2) is 66.9 Å². The summed E-state index contributed by atoms with van der Waals surface area (Å²) in [5, 5.41) is 10.1. The first-order valence-corrected chi connectivity index (χ1v) is 13.1. The zero-order chi connectivity index (χ0) is 26.3. The van der Waals surface area contributed by atoms with Crippen LogP contribution in [-0.2, 0) is 23.9 Å². The molecule has 2 aliphatic heterocycles. The Bertz CT molecular complexity index is 1280. The summed E-state index contributed by atoms with van der Waals surface area (Å²) in [6.07, 6.45) is 0.641. The number of alkyl halides is 3. The van der Waals surface area contributed by atoms with Crippen LogP contribution in [0.3, 0.4) is 0 Å². The van der Waals surface area contributed by atoms with Crippen LogP contribution in [0.15, 0.2) is 29.8 Å². The van der Waals surface area contributed by atoms with E-state index in [9.17, 15) is 29.1 Å². The summed E-state index contributed by atoms with van der Waals surface area (Å²) in [7, 11) is 1.08. The Morgan fingerprint density at radius 2 is 1.86 bits per heavy atom. The van der Waals surface area contributed by atoms with Crippen LogP contribution in [0, 0.1) is 24.7 Å². The fourth-order valence-corrected chi connectivity index (χ4v) is 7.68. The van der Waals surface area contributed by atoms with Crippen LogP contribution in [0.2, 0.25) is 0 Å². The summed E-state index contributed by atoms with van der Waals surface area (Å²) in [5.74, 6) is -6.25. The molecular formula is C24H21BrCl2N2O7. The van der Waals surface area contributed by atoms with Gasteiger partial charge in [-0.25, -0.2) is 4.79 Å². The first-order chi connectivity index (χ1) is 16.9. The Kier molecular flexibility index (Phi) is 5.81. The number of imide groups is 4. The normalized spacial score (nSPS) is 35.4. The van der Waals surface area contributed by atoms with Gasteiger partial charge in [0, 0.05) is 5.92 Å². The van der Waals surface area contributed by atoms with Gasteiger partial charge in [-0.3, -0.25) is 24.1 Å². The second-order valence-corrected chi connectivity index (χ2v) is 11.3. The van der Waals surface area contributed by atoms with Gasteiger partial charge in [-0.1, -0.05) is 39.7 Å². The first-order valence-electron chi connectivity index (χ1n) is 11.2. The maximum atomic E-state index is 13.6. The predicted molar refractivity (Wildman–Crippen MR) is 130 cm³/mol. The summed E-state index contributed by atoms with van der Waals surface area (Å²) in [4.78, 5) is 63.3. The van der Waals surface area contributed by atoms with E-state index in [1.165, 1.54) is 6.07 Å². The molecule has 3 fully saturated rings. The lowest BCUT2D eigenvalue weighted by Crippen LogP contribution is -2.60. The summed E-state index contributed by atoms with van der Waals surface area (Å²) in [5.41, 5.74) is 1.51. The molecule has 1 aromatic carbocycles. The van der Waals surface area contributed by atoms with Gasteiger partial charge in [0.1, 0.15) is 5.75 Å². The molecule has 1 aromatic rings. The van der Waals surface area contributed by atoms with E-state index in [0.29, 0.717) is 21.6 Å². The monoisotopic (exact) mass is 598 g/mol. The smallest absolute Gasteiger partial charge is 0.423 e. The molecule has 5 rings (SSSR count). The van der Waals surface area contributed by atoms with Crippen molar-refractivity contribution in [1.82, 2.24) is 9.80 Å². The lowest BCUT2D eigenvalue weighted by atomic mass is 9.56. The number of nitrogens with zero attached hydrogens (tertiary/aromatic N) is 2. The minimum Gasteiger partial charge on any atom is -0.508 e. The van der Waals surface area contributed by atoms with Crippen molar-refractivity contribution in [2.24, 2.45) is 17.8 Å². The Labute approximate surface area is 224 Å². The molecule has 9 nitrogen and oxygen atoms in total. The Morgan fingerprint density at radius 3 is 2.47 bits per heavy atom. The zero-order valence-corrected chi connectivity index (χ0v) is 22.3. The number of amides is 5. The fraction of sp³-hybridized carbons (Fsp3) is 0.458. The second-order valence-electron chi connectivity index (χ2n) is 9.51. The fourth-order valence-electron chi connectivity index (χ4n) is 6.26. The largest absolute Gasteiger partial charge is 0.508 e. The number of halogens is 3. The van der Waals surface area contributed by atoms with Gasteiger partial charge in [-0.15, -0.1) is 23.2 Å². The molecule has 2 aliphatic carbocycles. The van der Waals surface area contributed by atoms with Crippen molar-refractivity contribution in [2.45, 2.75) is 35.4 Å². The molecule has 2 heterocycles. The number of carbonyl (C=O) groups excluding carboxylic acids is 5. The highest BCUT2D eigenvalue weighted by Crippen LogP contribution is 2.65. The van der Waals surface area contributed by atoms with E-state index >= 15 is 0 Å². The van der Waals surface area contributed by atoms with Gasteiger partial charge in [-0.05, 0) is 42.9 Å². The van der Waals surface area contributed by atoms with Gasteiger partial charge in [0.15, 0.2) is 9.75 Å². The molecule has 6 atom stereocenters. The number of hydrogen-bond donors (Lipinski definition) is 1. The molecule has 4 aliphatic rings. The van der Waals surface area contributed by atoms with E-state index in [1.54, 1.807) is 25.1 Å². The van der Waals surface area contributed by atoms with Gasteiger partial charge < -0.3 is 9.84 Å². The van der Waals surface area contributed by atoms with Gasteiger partial charge >= 0.3 is 6.09 Å². The van der Waals surface area contributed by atoms with Crippen LogP contribution in [0.5, 0.6) is 5.75 Å². The number of hydrogen-bond acceptors (Lipinski definition) is 7. The van der Waals surface area contributed by atoms with Crippen molar-refractivity contribution in [3.63, 3.8) is 0 Å². The molecule has 0 bridgehead atoms. The van der Waals surface area contributed by atoms with E-state index in [2.05, 4.69) is 20.7 Å². The van der Waals surface area contributed by atoms with E-state index in [0.717, 1.165) is 12.0 Å². The van der Waals surface area contributed by atoms with Crippen LogP contribution in [0.1, 0.15) is 29.9 Å². The second kappa shape index (κ2) is 8.29. The molecule has 5 amide bonds. The number of aromatic hydroxyl groups is 1. The average Bonchev–Trinajstić information content (AvgIpc) is 3.18. The standard InChI is InChI=1S/C24H21BrCl2N2O7/c1-10-7-11(3-6-15(10)30)17-12-4-5-13-16(19(32)29(18(13)31)22(35)36-2)14(12)8-23(26)20(33)28(9-25)21(34)24(17,23)27/h3-4,6-7,13-14,16-17,30H,5,8-9H2,1-2H3. The SMILES string of the molecule is COC(=O)N1C(=O)C2CC=C3C(CC4(Cl)C(=O)N(CBr)C(=O)C4(Cl)C3c3ccc(O)c(C)c3)C2C1=O. The number of benzene rings is 1. The molecule has 0 radical (unpaired) electrons. The lowest BCUT2D eigenvalue weighted by Gasteiger charge is -2.50. The molecule has 12 heteroatoms. The van der Waals surface area contributed by atoms with Crippen LogP contribution < -0.4 is 0 Å². The molecule has 1 N–H and O–H groups in total. The maximum absolute atomic E-state index is 13.6. The number of rotatable bonds is 2. The minimum atomic E-state index is -1.93. The maximum Gasteiger partial charge on any atom is 0.423 e. The number of likely N-dealkylation sites (tertiary alicyclic amines) is 2. The highest BCUT2D eigenvalue weighted by molar-refractivity contribution is 9.09. The van der Waals surface area contributed by atoms with Crippen molar-refractivity contribution in [2.75, 3.05) is 12.6 Å². The Hall–Kier alpha value is -2.43.